The summed E-state index contributed by atoms with van der Waals surface area (Å²) in [5, 5.41) is 5.04. The highest BCUT2D eigenvalue weighted by Gasteiger charge is 2.11. The van der Waals surface area contributed by atoms with Gasteiger partial charge in [0.2, 0.25) is 11.9 Å². The Balaban J connectivity index is 2.16. The first-order chi connectivity index (χ1) is 10.1. The second kappa shape index (κ2) is 7.56. The van der Waals surface area contributed by atoms with Crippen LogP contribution in [0.4, 0.5) is 11.9 Å². The third kappa shape index (κ3) is 4.53. The summed E-state index contributed by atoms with van der Waals surface area (Å²) in [7, 11) is 3.72. The summed E-state index contributed by atoms with van der Waals surface area (Å²) in [6.45, 7) is 3.36. The van der Waals surface area contributed by atoms with Gasteiger partial charge in [0.25, 0.3) is 0 Å². The lowest BCUT2D eigenvalue weighted by Crippen LogP contribution is -2.20. The maximum absolute atomic E-state index is 5.51. The molecule has 114 valence electrons. The van der Waals surface area contributed by atoms with Gasteiger partial charge in [0.15, 0.2) is 0 Å². The van der Waals surface area contributed by atoms with Gasteiger partial charge in [-0.25, -0.2) is 0 Å². The van der Waals surface area contributed by atoms with Crippen LogP contribution < -0.4 is 15.0 Å². The quantitative estimate of drug-likeness (QED) is 0.806. The molecule has 0 unspecified atom stereocenters. The van der Waals surface area contributed by atoms with E-state index in [-0.39, 0.29) is 0 Å². The van der Waals surface area contributed by atoms with Crippen molar-refractivity contribution >= 4 is 39.2 Å². The molecule has 2 aromatic rings. The molecule has 6 nitrogen and oxygen atoms in total. The summed E-state index contributed by atoms with van der Waals surface area (Å²) in [6.07, 6.45) is 0.911. The number of thiophene rings is 1. The van der Waals surface area contributed by atoms with E-state index in [9.17, 15) is 0 Å². The van der Waals surface area contributed by atoms with Crippen LogP contribution in [0.5, 0.6) is 6.01 Å². The third-order valence-corrected chi connectivity index (χ3v) is 4.20. The van der Waals surface area contributed by atoms with E-state index < -0.39 is 0 Å². The number of halogens is 1. The Morgan fingerprint density at radius 1 is 1.38 bits per heavy atom. The van der Waals surface area contributed by atoms with Crippen LogP contribution in [-0.2, 0) is 6.54 Å². The van der Waals surface area contributed by atoms with Gasteiger partial charge in [0.1, 0.15) is 0 Å². The number of hydrogen-bond donors (Lipinski definition) is 1. The molecule has 8 heteroatoms. The van der Waals surface area contributed by atoms with E-state index in [0.717, 1.165) is 16.8 Å². The Morgan fingerprint density at radius 2 is 2.19 bits per heavy atom. The molecule has 0 saturated carbocycles. The smallest absolute Gasteiger partial charge is 0.323 e. The zero-order valence-electron chi connectivity index (χ0n) is 12.3. The summed E-state index contributed by atoms with van der Waals surface area (Å²) in [5.41, 5.74) is 1.21. The average molecular weight is 372 g/mol. The van der Waals surface area contributed by atoms with Crippen molar-refractivity contribution in [3.63, 3.8) is 0 Å². The largest absolute Gasteiger partial charge is 0.463 e. The topological polar surface area (TPSA) is 63.2 Å². The molecule has 0 aliphatic heterocycles. The van der Waals surface area contributed by atoms with Crippen molar-refractivity contribution in [1.82, 2.24) is 15.0 Å². The number of nitrogens with zero attached hydrogens (tertiary/aromatic N) is 4. The van der Waals surface area contributed by atoms with Crippen LogP contribution in [-0.4, -0.2) is 35.7 Å². The summed E-state index contributed by atoms with van der Waals surface area (Å²) < 4.78 is 6.62. The lowest BCUT2D eigenvalue weighted by Gasteiger charge is -2.17. The van der Waals surface area contributed by atoms with Crippen LogP contribution in [0, 0.1) is 0 Å². The van der Waals surface area contributed by atoms with E-state index in [4.69, 9.17) is 4.74 Å². The minimum Gasteiger partial charge on any atom is -0.463 e. The van der Waals surface area contributed by atoms with Crippen LogP contribution in [0.25, 0.3) is 0 Å². The molecule has 0 saturated heterocycles. The lowest BCUT2D eigenvalue weighted by molar-refractivity contribution is 0.292. The van der Waals surface area contributed by atoms with Crippen LogP contribution in [0.2, 0.25) is 0 Å². The summed E-state index contributed by atoms with van der Waals surface area (Å²) in [6, 6.07) is 2.44. The van der Waals surface area contributed by atoms with E-state index in [1.165, 1.54) is 5.56 Å². The molecule has 0 amide bonds. The van der Waals surface area contributed by atoms with Crippen molar-refractivity contribution in [2.24, 2.45) is 0 Å². The Morgan fingerprint density at radius 3 is 2.81 bits per heavy atom. The summed E-state index contributed by atoms with van der Waals surface area (Å²) in [5.74, 6) is 1.09. The molecule has 1 N–H and O–H groups in total. The van der Waals surface area contributed by atoms with Gasteiger partial charge in [0, 0.05) is 20.6 Å². The van der Waals surface area contributed by atoms with Crippen molar-refractivity contribution in [1.29, 1.82) is 0 Å². The molecular formula is C13H18BrN5OS. The number of rotatable bonds is 7. The van der Waals surface area contributed by atoms with Crippen molar-refractivity contribution < 1.29 is 4.74 Å². The number of anilines is 2. The zero-order chi connectivity index (χ0) is 15.2. The molecule has 0 spiro atoms. The molecule has 0 bridgehead atoms. The molecule has 0 radical (unpaired) electrons. The molecule has 0 aromatic carbocycles. The van der Waals surface area contributed by atoms with Crippen molar-refractivity contribution in [2.45, 2.75) is 19.9 Å². The first-order valence-corrected chi connectivity index (χ1v) is 8.30. The first-order valence-electron chi connectivity index (χ1n) is 6.63. The fourth-order valence-corrected chi connectivity index (χ4v) is 2.86. The molecule has 2 heterocycles. The summed E-state index contributed by atoms with van der Waals surface area (Å²) >= 11 is 5.13. The molecule has 0 aliphatic rings. The van der Waals surface area contributed by atoms with Gasteiger partial charge in [-0.1, -0.05) is 6.92 Å². The van der Waals surface area contributed by atoms with Crippen molar-refractivity contribution in [2.75, 3.05) is 30.9 Å². The second-order valence-electron chi connectivity index (χ2n) is 4.46. The van der Waals surface area contributed by atoms with Gasteiger partial charge in [-0.05, 0) is 39.4 Å². The zero-order valence-corrected chi connectivity index (χ0v) is 14.7. The number of ether oxygens (including phenoxy) is 1. The van der Waals surface area contributed by atoms with E-state index in [1.807, 2.05) is 18.9 Å². The van der Waals surface area contributed by atoms with Gasteiger partial charge < -0.3 is 15.0 Å². The molecule has 0 aliphatic carbocycles. The monoisotopic (exact) mass is 371 g/mol. The number of nitrogens with one attached hydrogen (secondary N) is 1. The third-order valence-electron chi connectivity index (χ3n) is 2.64. The average Bonchev–Trinajstić information content (AvgIpc) is 2.89. The van der Waals surface area contributed by atoms with Crippen LogP contribution in [0.1, 0.15) is 18.9 Å². The Hall–Kier alpha value is -1.41. The fourth-order valence-electron chi connectivity index (χ4n) is 1.66. The van der Waals surface area contributed by atoms with E-state index in [1.54, 1.807) is 18.4 Å². The molecular weight excluding hydrogens is 354 g/mol. The van der Waals surface area contributed by atoms with E-state index in [2.05, 4.69) is 47.6 Å². The van der Waals surface area contributed by atoms with Crippen LogP contribution in [0.15, 0.2) is 15.2 Å². The SMILES string of the molecule is CCCOc1nc(NC)nc(N(C)Cc2csc(Br)c2)n1. The predicted molar refractivity (Wildman–Crippen MR) is 89.3 cm³/mol. The van der Waals surface area contributed by atoms with Gasteiger partial charge in [-0.15, -0.1) is 11.3 Å². The Bertz CT molecular complexity index is 592. The van der Waals surface area contributed by atoms with Crippen molar-refractivity contribution in [3.8, 4) is 6.01 Å². The highest BCUT2D eigenvalue weighted by molar-refractivity contribution is 9.11. The van der Waals surface area contributed by atoms with Gasteiger partial charge in [-0.2, -0.15) is 15.0 Å². The van der Waals surface area contributed by atoms with Gasteiger partial charge in [0.05, 0.1) is 10.4 Å². The maximum atomic E-state index is 5.51. The number of hydrogen-bond acceptors (Lipinski definition) is 7. The first kappa shape index (κ1) is 16.0. The maximum Gasteiger partial charge on any atom is 0.323 e. The normalized spacial score (nSPS) is 10.5. The fraction of sp³-hybridized carbons (Fsp3) is 0.462. The lowest BCUT2D eigenvalue weighted by atomic mass is 10.3. The summed E-state index contributed by atoms with van der Waals surface area (Å²) in [4.78, 5) is 14.9. The van der Waals surface area contributed by atoms with Crippen LogP contribution >= 0.6 is 27.3 Å². The van der Waals surface area contributed by atoms with E-state index in [0.29, 0.717) is 24.5 Å². The second-order valence-corrected chi connectivity index (χ2v) is 6.75. The molecule has 2 rings (SSSR count). The predicted octanol–water partition coefficient (Wildman–Crippen LogP) is 3.16. The number of aromatic nitrogens is 3. The molecule has 2 aromatic heterocycles. The van der Waals surface area contributed by atoms with Gasteiger partial charge >= 0.3 is 6.01 Å². The minimum absolute atomic E-state index is 0.351. The Kier molecular flexibility index (Phi) is 5.75. The minimum atomic E-state index is 0.351. The standard InChI is InChI=1S/C13H18BrN5OS/c1-4-5-20-13-17-11(15-2)16-12(18-13)19(3)7-9-6-10(14)21-8-9/h6,8H,4-5,7H2,1-3H3,(H,15,16,17,18). The molecule has 0 atom stereocenters. The highest BCUT2D eigenvalue weighted by Crippen LogP contribution is 2.23. The van der Waals surface area contributed by atoms with Crippen molar-refractivity contribution in [3.05, 3.63) is 20.8 Å². The van der Waals surface area contributed by atoms with Crippen LogP contribution in [0.3, 0.4) is 0 Å². The van der Waals surface area contributed by atoms with E-state index >= 15 is 0 Å². The van der Waals surface area contributed by atoms with Gasteiger partial charge in [-0.3, -0.25) is 0 Å². The molecule has 21 heavy (non-hydrogen) atoms. The highest BCUT2D eigenvalue weighted by atomic mass is 79.9. The Labute approximate surface area is 136 Å². The molecule has 0 fully saturated rings.